The van der Waals surface area contributed by atoms with Crippen LogP contribution in [0, 0.1) is 0 Å². The molecule has 128 valence electrons. The largest absolute Gasteiger partial charge is 0.480 e. The lowest BCUT2D eigenvalue weighted by Gasteiger charge is -2.31. The molecule has 1 N–H and O–H groups in total. The Morgan fingerprint density at radius 3 is 2.71 bits per heavy atom. The van der Waals surface area contributed by atoms with E-state index < -0.39 is 22.0 Å². The Hall–Kier alpha value is -2.19. The average molecular weight is 349 g/mol. The van der Waals surface area contributed by atoms with E-state index in [1.165, 1.54) is 12.4 Å². The van der Waals surface area contributed by atoms with Crippen molar-refractivity contribution in [3.8, 4) is 0 Å². The van der Waals surface area contributed by atoms with Crippen molar-refractivity contribution in [2.75, 3.05) is 6.54 Å². The van der Waals surface area contributed by atoms with Gasteiger partial charge in [-0.3, -0.25) is 9.48 Å². The molecule has 1 fully saturated rings. The number of hydrogen-bond donors (Lipinski definition) is 1. The molecule has 0 bridgehead atoms. The molecule has 1 aromatic heterocycles. The van der Waals surface area contributed by atoms with Crippen molar-refractivity contribution in [1.82, 2.24) is 14.1 Å². The number of piperidine rings is 1. The minimum atomic E-state index is -3.86. The van der Waals surface area contributed by atoms with E-state index in [0.29, 0.717) is 19.4 Å². The van der Waals surface area contributed by atoms with Crippen LogP contribution >= 0.6 is 0 Å². The van der Waals surface area contributed by atoms with Crippen molar-refractivity contribution >= 4 is 16.0 Å². The molecule has 0 aliphatic carbocycles. The molecular formula is C16H19N3O4S. The van der Waals surface area contributed by atoms with Crippen LogP contribution in [0.1, 0.15) is 24.8 Å². The predicted molar refractivity (Wildman–Crippen MR) is 86.9 cm³/mol. The summed E-state index contributed by atoms with van der Waals surface area (Å²) in [6.45, 7) is 0.682. The van der Waals surface area contributed by atoms with Crippen molar-refractivity contribution in [2.45, 2.75) is 36.7 Å². The summed E-state index contributed by atoms with van der Waals surface area (Å²) in [5.41, 5.74) is 1.01. The number of benzene rings is 1. The molecule has 3 rings (SSSR count). The zero-order valence-corrected chi connectivity index (χ0v) is 13.9. The number of carboxylic acid groups (broad SMARTS) is 1. The molecule has 0 radical (unpaired) electrons. The first kappa shape index (κ1) is 16.7. The highest BCUT2D eigenvalue weighted by Crippen LogP contribution is 2.25. The van der Waals surface area contributed by atoms with Crippen molar-refractivity contribution in [3.63, 3.8) is 0 Å². The second-order valence-electron chi connectivity index (χ2n) is 5.82. The Morgan fingerprint density at radius 2 is 2.00 bits per heavy atom. The summed E-state index contributed by atoms with van der Waals surface area (Å²) in [6.07, 6.45) is 4.46. The predicted octanol–water partition coefficient (Wildman–Crippen LogP) is 1.56. The van der Waals surface area contributed by atoms with Crippen molar-refractivity contribution in [2.24, 2.45) is 0 Å². The third kappa shape index (κ3) is 3.34. The Labute approximate surface area is 140 Å². The zero-order chi connectivity index (χ0) is 17.2. The van der Waals surface area contributed by atoms with E-state index in [0.717, 1.165) is 16.3 Å². The van der Waals surface area contributed by atoms with Crippen LogP contribution in [0.15, 0.2) is 47.6 Å². The van der Waals surface area contributed by atoms with Gasteiger partial charge in [-0.15, -0.1) is 0 Å². The van der Waals surface area contributed by atoms with E-state index in [4.69, 9.17) is 0 Å². The second-order valence-corrected chi connectivity index (χ2v) is 7.72. The van der Waals surface area contributed by atoms with Gasteiger partial charge in [-0.1, -0.05) is 30.3 Å². The van der Waals surface area contributed by atoms with Crippen LogP contribution < -0.4 is 0 Å². The smallest absolute Gasteiger partial charge is 0.322 e. The van der Waals surface area contributed by atoms with Crippen LogP contribution in [-0.4, -0.2) is 46.2 Å². The van der Waals surface area contributed by atoms with E-state index in [2.05, 4.69) is 5.10 Å². The molecule has 1 saturated heterocycles. The molecule has 0 amide bonds. The highest BCUT2D eigenvalue weighted by Gasteiger charge is 2.38. The summed E-state index contributed by atoms with van der Waals surface area (Å²) in [5, 5.41) is 13.4. The molecule has 8 heteroatoms. The Bertz CT molecular complexity index is 817. The number of aromatic nitrogens is 2. The first-order chi connectivity index (χ1) is 11.5. The third-order valence-electron chi connectivity index (χ3n) is 4.14. The standard InChI is InChI=1S/C16H19N3O4S/c20-16(21)15-8-4-5-9-19(15)24(22,23)14-10-17-18(12-14)11-13-6-2-1-3-7-13/h1-3,6-7,10,12,15H,4-5,8-9,11H2,(H,20,21). The van der Waals surface area contributed by atoms with Crippen molar-refractivity contribution in [1.29, 1.82) is 0 Å². The Kier molecular flexibility index (Phi) is 4.68. The molecule has 1 unspecified atom stereocenters. The number of hydrogen-bond acceptors (Lipinski definition) is 4. The Balaban J connectivity index is 1.83. The molecule has 2 heterocycles. The number of nitrogens with zero attached hydrogens (tertiary/aromatic N) is 3. The normalized spacial score (nSPS) is 19.2. The van der Waals surface area contributed by atoms with E-state index >= 15 is 0 Å². The van der Waals surface area contributed by atoms with Crippen LogP contribution in [0.3, 0.4) is 0 Å². The SMILES string of the molecule is O=C(O)C1CCCCN1S(=O)(=O)c1cnn(Cc2ccccc2)c1. The molecule has 1 aliphatic rings. The lowest BCUT2D eigenvalue weighted by atomic mass is 10.1. The molecule has 1 aromatic carbocycles. The van der Waals surface area contributed by atoms with Crippen LogP contribution in [0.2, 0.25) is 0 Å². The summed E-state index contributed by atoms with van der Waals surface area (Å²) in [4.78, 5) is 11.4. The first-order valence-electron chi connectivity index (χ1n) is 7.79. The van der Waals surface area contributed by atoms with Crippen LogP contribution in [0.5, 0.6) is 0 Å². The van der Waals surface area contributed by atoms with Crippen LogP contribution in [0.4, 0.5) is 0 Å². The van der Waals surface area contributed by atoms with E-state index in [9.17, 15) is 18.3 Å². The maximum Gasteiger partial charge on any atom is 0.322 e. The van der Waals surface area contributed by atoms with Gasteiger partial charge in [0.25, 0.3) is 0 Å². The van der Waals surface area contributed by atoms with Gasteiger partial charge in [-0.25, -0.2) is 8.42 Å². The Morgan fingerprint density at radius 1 is 1.25 bits per heavy atom. The maximum absolute atomic E-state index is 12.8. The fourth-order valence-corrected chi connectivity index (χ4v) is 4.52. The molecule has 0 saturated carbocycles. The van der Waals surface area contributed by atoms with E-state index in [1.807, 2.05) is 30.3 Å². The highest BCUT2D eigenvalue weighted by molar-refractivity contribution is 7.89. The van der Waals surface area contributed by atoms with Crippen molar-refractivity contribution < 1.29 is 18.3 Å². The highest BCUT2D eigenvalue weighted by atomic mass is 32.2. The summed E-state index contributed by atoms with van der Waals surface area (Å²) >= 11 is 0. The fourth-order valence-electron chi connectivity index (χ4n) is 2.91. The summed E-state index contributed by atoms with van der Waals surface area (Å²) in [5.74, 6) is -1.10. The number of rotatable bonds is 5. The van der Waals surface area contributed by atoms with Crippen molar-refractivity contribution in [3.05, 3.63) is 48.3 Å². The van der Waals surface area contributed by atoms with Crippen LogP contribution in [0.25, 0.3) is 0 Å². The van der Waals surface area contributed by atoms with Crippen LogP contribution in [-0.2, 0) is 21.4 Å². The number of carbonyl (C=O) groups is 1. The topological polar surface area (TPSA) is 92.5 Å². The van der Waals surface area contributed by atoms with Gasteiger partial charge in [0.05, 0.1) is 12.7 Å². The molecular weight excluding hydrogens is 330 g/mol. The van der Waals surface area contributed by atoms with Gasteiger partial charge in [0.2, 0.25) is 10.0 Å². The monoisotopic (exact) mass is 349 g/mol. The fraction of sp³-hybridized carbons (Fsp3) is 0.375. The molecule has 24 heavy (non-hydrogen) atoms. The van der Waals surface area contributed by atoms with E-state index in [1.54, 1.807) is 4.68 Å². The second kappa shape index (κ2) is 6.74. The number of aliphatic carboxylic acids is 1. The number of carboxylic acids is 1. The summed E-state index contributed by atoms with van der Waals surface area (Å²) in [7, 11) is -3.86. The van der Waals surface area contributed by atoms with Gasteiger partial charge in [-0.2, -0.15) is 9.40 Å². The summed E-state index contributed by atoms with van der Waals surface area (Å²) in [6, 6.07) is 8.58. The average Bonchev–Trinajstić information content (AvgIpc) is 3.05. The van der Waals surface area contributed by atoms with Gasteiger partial charge in [0, 0.05) is 12.7 Å². The molecule has 2 aromatic rings. The van der Waals surface area contributed by atoms with E-state index in [-0.39, 0.29) is 11.4 Å². The molecule has 0 spiro atoms. The molecule has 7 nitrogen and oxygen atoms in total. The molecule has 1 atom stereocenters. The van der Waals surface area contributed by atoms with Gasteiger partial charge in [-0.05, 0) is 24.8 Å². The quantitative estimate of drug-likeness (QED) is 0.884. The zero-order valence-electron chi connectivity index (χ0n) is 13.1. The van der Waals surface area contributed by atoms with Gasteiger partial charge < -0.3 is 5.11 Å². The molecule has 1 aliphatic heterocycles. The number of sulfonamides is 1. The first-order valence-corrected chi connectivity index (χ1v) is 9.23. The maximum atomic E-state index is 12.8. The van der Waals surface area contributed by atoms with Gasteiger partial charge >= 0.3 is 5.97 Å². The summed E-state index contributed by atoms with van der Waals surface area (Å²) < 4.78 is 28.2. The lowest BCUT2D eigenvalue weighted by molar-refractivity contribution is -0.142. The minimum Gasteiger partial charge on any atom is -0.480 e. The minimum absolute atomic E-state index is 0.0339. The van der Waals surface area contributed by atoms with Gasteiger partial charge in [0.1, 0.15) is 10.9 Å². The van der Waals surface area contributed by atoms with Gasteiger partial charge in [0.15, 0.2) is 0 Å². The lowest BCUT2D eigenvalue weighted by Crippen LogP contribution is -2.47. The third-order valence-corrected chi connectivity index (χ3v) is 6.00.